The van der Waals surface area contributed by atoms with Crippen LogP contribution < -0.4 is 20.1 Å². The van der Waals surface area contributed by atoms with E-state index >= 15 is 0 Å². The number of aromatic nitrogens is 1. The summed E-state index contributed by atoms with van der Waals surface area (Å²) in [5.41, 5.74) is 1.80. The molecule has 1 aromatic carbocycles. The molecule has 29 heavy (non-hydrogen) atoms. The van der Waals surface area contributed by atoms with Gasteiger partial charge in [-0.3, -0.25) is 4.98 Å². The number of carbonyl (C=O) groups is 1. The Kier molecular flexibility index (Phi) is 7.55. The number of hydrogen-bond acceptors (Lipinski definition) is 5. The van der Waals surface area contributed by atoms with Crippen molar-refractivity contribution in [3.8, 4) is 11.5 Å². The summed E-state index contributed by atoms with van der Waals surface area (Å²) in [5, 5.41) is 6.28. The van der Waals surface area contributed by atoms with Crippen molar-refractivity contribution in [1.29, 1.82) is 0 Å². The minimum Gasteiger partial charge on any atom is -0.495 e. The Balaban J connectivity index is 1.46. The van der Waals surface area contributed by atoms with Crippen LogP contribution >= 0.6 is 11.6 Å². The van der Waals surface area contributed by atoms with E-state index in [4.69, 9.17) is 21.1 Å². The average Bonchev–Trinajstić information content (AvgIpc) is 2.74. The lowest BCUT2D eigenvalue weighted by Crippen LogP contribution is -2.46. The number of urea groups is 1. The number of nitrogens with one attached hydrogen (secondary N) is 2. The first kappa shape index (κ1) is 21.2. The Morgan fingerprint density at radius 3 is 2.52 bits per heavy atom. The van der Waals surface area contributed by atoms with Crippen molar-refractivity contribution >= 4 is 23.3 Å². The second-order valence-electron chi connectivity index (χ2n) is 7.01. The normalized spacial score (nSPS) is 15.0. The Hall–Kier alpha value is -2.51. The number of piperidine rings is 1. The van der Waals surface area contributed by atoms with E-state index < -0.39 is 0 Å². The molecule has 3 rings (SSSR count). The van der Waals surface area contributed by atoms with Crippen molar-refractivity contribution in [1.82, 2.24) is 15.2 Å². The molecule has 156 valence electrons. The van der Waals surface area contributed by atoms with Gasteiger partial charge in [0.1, 0.15) is 11.5 Å². The van der Waals surface area contributed by atoms with Gasteiger partial charge in [0.05, 0.1) is 24.9 Å². The van der Waals surface area contributed by atoms with Crippen LogP contribution in [-0.2, 0) is 6.42 Å². The number of benzene rings is 1. The van der Waals surface area contributed by atoms with Gasteiger partial charge in [-0.25, -0.2) is 4.79 Å². The van der Waals surface area contributed by atoms with Crippen molar-refractivity contribution in [2.45, 2.75) is 25.3 Å². The third kappa shape index (κ3) is 5.98. The van der Waals surface area contributed by atoms with E-state index in [9.17, 15) is 4.79 Å². The molecule has 8 heteroatoms. The maximum Gasteiger partial charge on any atom is 0.319 e. The molecular weight excluding hydrogens is 392 g/mol. The number of rotatable bonds is 7. The Morgan fingerprint density at radius 1 is 1.17 bits per heavy atom. The van der Waals surface area contributed by atoms with E-state index in [1.807, 2.05) is 12.4 Å². The maximum atomic E-state index is 12.4. The lowest BCUT2D eigenvalue weighted by Gasteiger charge is -2.32. The van der Waals surface area contributed by atoms with Crippen molar-refractivity contribution in [2.24, 2.45) is 0 Å². The standard InChI is InChI=1S/C21H27ClN4O3/c1-28-19-14-20(29-2)18(13-17(19)22)25-21(27)24-16-6-11-26(12-7-16)10-5-15-3-8-23-9-4-15/h3-4,8-9,13-14,16H,5-7,10-12H2,1-2H3,(H2,24,25,27). The highest BCUT2D eigenvalue weighted by Gasteiger charge is 2.21. The van der Waals surface area contributed by atoms with Crippen LogP contribution in [0.1, 0.15) is 18.4 Å². The minimum atomic E-state index is -0.264. The molecule has 0 spiro atoms. The van der Waals surface area contributed by atoms with Gasteiger partial charge in [0.2, 0.25) is 0 Å². The van der Waals surface area contributed by atoms with Crippen LogP contribution in [0.5, 0.6) is 11.5 Å². The van der Waals surface area contributed by atoms with Gasteiger partial charge in [0.25, 0.3) is 0 Å². The molecule has 1 fully saturated rings. The molecule has 0 bridgehead atoms. The molecule has 1 aromatic heterocycles. The van der Waals surface area contributed by atoms with E-state index in [1.54, 1.807) is 12.1 Å². The number of carbonyl (C=O) groups excluding carboxylic acids is 1. The largest absolute Gasteiger partial charge is 0.495 e. The fourth-order valence-electron chi connectivity index (χ4n) is 3.44. The van der Waals surface area contributed by atoms with Crippen molar-refractivity contribution in [3.63, 3.8) is 0 Å². The van der Waals surface area contributed by atoms with Gasteiger partial charge in [0, 0.05) is 44.1 Å². The first-order valence-electron chi connectivity index (χ1n) is 9.69. The smallest absolute Gasteiger partial charge is 0.319 e. The van der Waals surface area contributed by atoms with E-state index in [0.717, 1.165) is 38.9 Å². The Labute approximate surface area is 176 Å². The third-order valence-electron chi connectivity index (χ3n) is 5.11. The molecule has 1 saturated heterocycles. The van der Waals surface area contributed by atoms with Crippen molar-refractivity contribution in [2.75, 3.05) is 39.2 Å². The van der Waals surface area contributed by atoms with Gasteiger partial charge in [-0.05, 0) is 43.0 Å². The highest BCUT2D eigenvalue weighted by Crippen LogP contribution is 2.35. The highest BCUT2D eigenvalue weighted by atomic mass is 35.5. The number of ether oxygens (including phenoxy) is 2. The molecule has 7 nitrogen and oxygen atoms in total. The summed E-state index contributed by atoms with van der Waals surface area (Å²) >= 11 is 6.16. The Morgan fingerprint density at radius 2 is 1.86 bits per heavy atom. The molecule has 2 N–H and O–H groups in total. The van der Waals surface area contributed by atoms with Crippen LogP contribution in [0.15, 0.2) is 36.7 Å². The molecule has 2 aromatic rings. The first-order valence-corrected chi connectivity index (χ1v) is 10.1. The highest BCUT2D eigenvalue weighted by molar-refractivity contribution is 6.32. The predicted molar refractivity (Wildman–Crippen MR) is 114 cm³/mol. The van der Waals surface area contributed by atoms with Crippen LogP contribution in [0.25, 0.3) is 0 Å². The number of pyridine rings is 1. The molecule has 0 atom stereocenters. The summed E-state index contributed by atoms with van der Waals surface area (Å²) in [4.78, 5) is 18.9. The summed E-state index contributed by atoms with van der Waals surface area (Å²) < 4.78 is 10.5. The van der Waals surface area contributed by atoms with E-state index in [-0.39, 0.29) is 12.1 Å². The lowest BCUT2D eigenvalue weighted by atomic mass is 10.0. The number of nitrogens with zero attached hydrogens (tertiary/aromatic N) is 2. The van der Waals surface area contributed by atoms with Gasteiger partial charge in [-0.1, -0.05) is 11.6 Å². The van der Waals surface area contributed by atoms with Gasteiger partial charge >= 0.3 is 6.03 Å². The molecule has 0 saturated carbocycles. The number of hydrogen-bond donors (Lipinski definition) is 2. The quantitative estimate of drug-likeness (QED) is 0.718. The average molecular weight is 419 g/mol. The number of halogens is 1. The SMILES string of the molecule is COc1cc(OC)c(NC(=O)NC2CCN(CCc3ccncc3)CC2)cc1Cl. The van der Waals surface area contributed by atoms with E-state index in [1.165, 1.54) is 19.8 Å². The van der Waals surface area contributed by atoms with Gasteiger partial charge in [-0.15, -0.1) is 0 Å². The molecule has 2 amide bonds. The van der Waals surface area contributed by atoms with Crippen molar-refractivity contribution < 1.29 is 14.3 Å². The molecular formula is C21H27ClN4O3. The van der Waals surface area contributed by atoms with E-state index in [0.29, 0.717) is 22.2 Å². The molecule has 1 aliphatic rings. The summed E-state index contributed by atoms with van der Waals surface area (Å²) in [5.74, 6) is 0.987. The minimum absolute atomic E-state index is 0.145. The fraction of sp³-hybridized carbons (Fsp3) is 0.429. The second kappa shape index (κ2) is 10.3. The van der Waals surface area contributed by atoms with Crippen LogP contribution in [0.4, 0.5) is 10.5 Å². The van der Waals surface area contributed by atoms with Crippen LogP contribution in [0.2, 0.25) is 5.02 Å². The van der Waals surface area contributed by atoms with Gasteiger partial charge < -0.3 is 25.0 Å². The van der Waals surface area contributed by atoms with Crippen LogP contribution in [0.3, 0.4) is 0 Å². The Bertz CT molecular complexity index is 811. The second-order valence-corrected chi connectivity index (χ2v) is 7.41. The first-order chi connectivity index (χ1) is 14.1. The molecule has 2 heterocycles. The van der Waals surface area contributed by atoms with E-state index in [2.05, 4.69) is 32.7 Å². The zero-order valence-corrected chi connectivity index (χ0v) is 17.5. The summed E-state index contributed by atoms with van der Waals surface area (Å²) in [6.07, 6.45) is 6.51. The lowest BCUT2D eigenvalue weighted by molar-refractivity contribution is 0.197. The fourth-order valence-corrected chi connectivity index (χ4v) is 3.68. The number of amides is 2. The van der Waals surface area contributed by atoms with Crippen molar-refractivity contribution in [3.05, 3.63) is 47.2 Å². The molecule has 0 unspecified atom stereocenters. The zero-order valence-electron chi connectivity index (χ0n) is 16.8. The molecule has 1 aliphatic heterocycles. The molecule has 0 radical (unpaired) electrons. The zero-order chi connectivity index (χ0) is 20.6. The number of likely N-dealkylation sites (tertiary alicyclic amines) is 1. The van der Waals surface area contributed by atoms with Crippen LogP contribution in [0, 0.1) is 0 Å². The summed E-state index contributed by atoms with van der Waals surface area (Å²) in [6, 6.07) is 7.27. The monoisotopic (exact) mass is 418 g/mol. The van der Waals surface area contributed by atoms with Crippen LogP contribution in [-0.4, -0.2) is 55.8 Å². The number of methoxy groups -OCH3 is 2. The van der Waals surface area contributed by atoms with Gasteiger partial charge in [-0.2, -0.15) is 0 Å². The maximum absolute atomic E-state index is 12.4. The van der Waals surface area contributed by atoms with Gasteiger partial charge in [0.15, 0.2) is 0 Å². The summed E-state index contributed by atoms with van der Waals surface area (Å²) in [6.45, 7) is 2.95. The molecule has 0 aliphatic carbocycles. The summed E-state index contributed by atoms with van der Waals surface area (Å²) in [7, 11) is 3.07. The number of anilines is 1. The third-order valence-corrected chi connectivity index (χ3v) is 5.41. The predicted octanol–water partition coefficient (Wildman–Crippen LogP) is 3.58. The topological polar surface area (TPSA) is 75.7 Å².